The molecule has 0 spiro atoms. The third-order valence-corrected chi connectivity index (χ3v) is 7.39. The number of amides is 1. The van der Waals surface area contributed by atoms with E-state index in [1.54, 1.807) is 24.3 Å². The van der Waals surface area contributed by atoms with E-state index in [1.165, 1.54) is 29.7 Å². The molecular weight excluding hydrogens is 598 g/mol. The van der Waals surface area contributed by atoms with Gasteiger partial charge in [0.1, 0.15) is 4.90 Å². The highest BCUT2D eigenvalue weighted by Gasteiger charge is 2.21. The molecule has 0 fully saturated rings. The summed E-state index contributed by atoms with van der Waals surface area (Å²) in [4.78, 5) is 27.8. The lowest BCUT2D eigenvalue weighted by Gasteiger charge is -2.11. The molecule has 0 bridgehead atoms. The van der Waals surface area contributed by atoms with E-state index in [-0.39, 0.29) is 15.5 Å². The summed E-state index contributed by atoms with van der Waals surface area (Å²) in [6, 6.07) is 10.1. The van der Waals surface area contributed by atoms with Crippen molar-refractivity contribution in [2.24, 2.45) is 0 Å². The van der Waals surface area contributed by atoms with Gasteiger partial charge in [-0.3, -0.25) is 14.8 Å². The number of nitrogens with zero attached hydrogens (tertiary/aromatic N) is 1. The zero-order chi connectivity index (χ0) is 22.6. The minimum absolute atomic E-state index is 0.0757. The van der Waals surface area contributed by atoms with Crippen LogP contribution in [0.25, 0.3) is 0 Å². The van der Waals surface area contributed by atoms with Crippen LogP contribution >= 0.6 is 54.8 Å². The van der Waals surface area contributed by atoms with E-state index in [2.05, 4.69) is 46.9 Å². The van der Waals surface area contributed by atoms with Crippen molar-refractivity contribution in [2.75, 3.05) is 16.6 Å². The molecule has 0 aliphatic rings. The number of carbonyl (C=O) groups is 2. The number of benzene rings is 2. The topological polar surface area (TPSA) is 114 Å². The standard InChI is InChI=1S/C18H12Br2ClN3O5S2/c19-11-2-4-12(5-3-11)24-31(27,28)14-7-10(1-6-13(14)21)17(26)29-9-16(25)23-18-22-8-15(20)30-18/h1-8,24H,9H2,(H,22,23,25). The average Bonchev–Trinajstić information content (AvgIpc) is 3.12. The van der Waals surface area contributed by atoms with Gasteiger partial charge in [-0.2, -0.15) is 0 Å². The molecule has 0 aliphatic heterocycles. The van der Waals surface area contributed by atoms with Crippen LogP contribution in [0.15, 0.2) is 61.8 Å². The van der Waals surface area contributed by atoms with Crippen molar-refractivity contribution in [3.05, 3.63) is 67.5 Å². The number of thiazole rings is 1. The van der Waals surface area contributed by atoms with Crippen LogP contribution in [0.4, 0.5) is 10.8 Å². The molecule has 3 rings (SSSR count). The minimum Gasteiger partial charge on any atom is -0.452 e. The van der Waals surface area contributed by atoms with Crippen molar-refractivity contribution in [3.63, 3.8) is 0 Å². The number of aromatic nitrogens is 1. The van der Waals surface area contributed by atoms with Crippen molar-refractivity contribution < 1.29 is 22.7 Å². The highest BCUT2D eigenvalue weighted by Crippen LogP contribution is 2.26. The van der Waals surface area contributed by atoms with Gasteiger partial charge < -0.3 is 4.74 Å². The number of halogens is 3. The van der Waals surface area contributed by atoms with Crippen LogP contribution in [0.5, 0.6) is 0 Å². The maximum Gasteiger partial charge on any atom is 0.338 e. The summed E-state index contributed by atoms with van der Waals surface area (Å²) in [6.45, 7) is -0.572. The summed E-state index contributed by atoms with van der Waals surface area (Å²) in [5.74, 6) is -1.47. The van der Waals surface area contributed by atoms with E-state index in [0.29, 0.717) is 10.8 Å². The Morgan fingerprint density at radius 3 is 2.48 bits per heavy atom. The molecule has 13 heteroatoms. The lowest BCUT2D eigenvalue weighted by Crippen LogP contribution is -2.21. The summed E-state index contributed by atoms with van der Waals surface area (Å²) in [7, 11) is -4.08. The van der Waals surface area contributed by atoms with Crippen molar-refractivity contribution >= 4 is 87.5 Å². The average molecular weight is 610 g/mol. The molecule has 2 N–H and O–H groups in total. The van der Waals surface area contributed by atoms with Crippen LogP contribution in [0.3, 0.4) is 0 Å². The van der Waals surface area contributed by atoms with Gasteiger partial charge in [-0.05, 0) is 58.4 Å². The minimum atomic E-state index is -4.08. The first-order valence-electron chi connectivity index (χ1n) is 8.30. The molecule has 0 unspecified atom stereocenters. The molecule has 0 saturated heterocycles. The van der Waals surface area contributed by atoms with E-state index in [1.807, 2.05) is 0 Å². The first-order valence-corrected chi connectivity index (χ1v) is 12.6. The molecule has 162 valence electrons. The number of hydrogen-bond acceptors (Lipinski definition) is 7. The van der Waals surface area contributed by atoms with Crippen LogP contribution in [0, 0.1) is 0 Å². The summed E-state index contributed by atoms with van der Waals surface area (Å²) >= 11 is 13.7. The SMILES string of the molecule is O=C(COC(=O)c1ccc(Cl)c(S(=O)(=O)Nc2ccc(Br)cc2)c1)Nc1ncc(Br)s1. The zero-order valence-corrected chi connectivity index (χ0v) is 20.8. The molecule has 3 aromatic rings. The lowest BCUT2D eigenvalue weighted by molar-refractivity contribution is -0.119. The van der Waals surface area contributed by atoms with E-state index in [0.717, 1.165) is 14.3 Å². The monoisotopic (exact) mass is 607 g/mol. The Morgan fingerprint density at radius 2 is 1.84 bits per heavy atom. The smallest absolute Gasteiger partial charge is 0.338 e. The summed E-state index contributed by atoms with van der Waals surface area (Å²) in [5.41, 5.74) is 0.239. The van der Waals surface area contributed by atoms with Crippen LogP contribution in [0.2, 0.25) is 5.02 Å². The first-order chi connectivity index (χ1) is 14.6. The maximum absolute atomic E-state index is 12.7. The maximum atomic E-state index is 12.7. The number of ether oxygens (including phenoxy) is 1. The Kier molecular flexibility index (Phi) is 7.70. The fraction of sp³-hybridized carbons (Fsp3) is 0.0556. The van der Waals surface area contributed by atoms with Gasteiger partial charge in [0.05, 0.1) is 20.6 Å². The van der Waals surface area contributed by atoms with Crippen molar-refractivity contribution in [1.82, 2.24) is 4.98 Å². The Morgan fingerprint density at radius 1 is 1.13 bits per heavy atom. The second-order valence-electron chi connectivity index (χ2n) is 5.85. The molecule has 1 amide bonds. The summed E-state index contributed by atoms with van der Waals surface area (Å²) in [5, 5.41) is 2.74. The zero-order valence-electron chi connectivity index (χ0n) is 15.3. The molecule has 0 radical (unpaired) electrons. The Labute approximate surface area is 203 Å². The van der Waals surface area contributed by atoms with Gasteiger partial charge in [0.15, 0.2) is 11.7 Å². The van der Waals surface area contributed by atoms with Gasteiger partial charge in [0, 0.05) is 10.2 Å². The molecular formula is C18H12Br2ClN3O5S2. The molecule has 1 heterocycles. The fourth-order valence-electron chi connectivity index (χ4n) is 2.25. The van der Waals surface area contributed by atoms with Crippen LogP contribution in [-0.2, 0) is 19.6 Å². The van der Waals surface area contributed by atoms with Gasteiger partial charge >= 0.3 is 5.97 Å². The Bertz CT molecular complexity index is 1230. The van der Waals surface area contributed by atoms with Crippen molar-refractivity contribution in [1.29, 1.82) is 0 Å². The van der Waals surface area contributed by atoms with E-state index in [4.69, 9.17) is 16.3 Å². The van der Waals surface area contributed by atoms with E-state index < -0.39 is 28.5 Å². The Balaban J connectivity index is 1.69. The number of anilines is 2. The third-order valence-electron chi connectivity index (χ3n) is 3.61. The van der Waals surface area contributed by atoms with Crippen molar-refractivity contribution in [3.8, 4) is 0 Å². The summed E-state index contributed by atoms with van der Waals surface area (Å²) in [6.07, 6.45) is 1.52. The normalized spacial score (nSPS) is 11.1. The predicted octanol–water partition coefficient (Wildman–Crippen LogP) is 4.92. The number of hydrogen-bond donors (Lipinski definition) is 2. The molecule has 1 aromatic heterocycles. The second kappa shape index (κ2) is 10.1. The van der Waals surface area contributed by atoms with E-state index >= 15 is 0 Å². The fourth-order valence-corrected chi connectivity index (χ4v) is 5.22. The Hall–Kier alpha value is -1.99. The van der Waals surface area contributed by atoms with Gasteiger partial charge in [0.25, 0.3) is 15.9 Å². The number of carbonyl (C=O) groups excluding carboxylic acids is 2. The van der Waals surface area contributed by atoms with Crippen LogP contribution in [0.1, 0.15) is 10.4 Å². The summed E-state index contributed by atoms with van der Waals surface area (Å²) < 4.78 is 34.3. The molecule has 0 saturated carbocycles. The van der Waals surface area contributed by atoms with Crippen LogP contribution in [-0.4, -0.2) is 31.9 Å². The first kappa shape index (κ1) is 23.7. The van der Waals surface area contributed by atoms with E-state index in [9.17, 15) is 18.0 Å². The third kappa shape index (κ3) is 6.50. The van der Waals surface area contributed by atoms with Gasteiger partial charge in [-0.1, -0.05) is 38.9 Å². The molecule has 31 heavy (non-hydrogen) atoms. The van der Waals surface area contributed by atoms with Gasteiger partial charge in [-0.25, -0.2) is 18.2 Å². The number of sulfonamides is 1. The second-order valence-corrected chi connectivity index (χ2v) is 11.2. The van der Waals surface area contributed by atoms with Gasteiger partial charge in [-0.15, -0.1) is 0 Å². The van der Waals surface area contributed by atoms with Crippen molar-refractivity contribution in [2.45, 2.75) is 4.90 Å². The number of esters is 1. The highest BCUT2D eigenvalue weighted by molar-refractivity contribution is 9.11. The quantitative estimate of drug-likeness (QED) is 0.368. The largest absolute Gasteiger partial charge is 0.452 e. The number of rotatable bonds is 7. The van der Waals surface area contributed by atoms with Crippen LogP contribution < -0.4 is 10.0 Å². The molecule has 0 atom stereocenters. The van der Waals surface area contributed by atoms with Gasteiger partial charge in [0.2, 0.25) is 0 Å². The molecule has 2 aromatic carbocycles. The lowest BCUT2D eigenvalue weighted by atomic mass is 10.2. The molecule has 0 aliphatic carbocycles. The molecule has 8 nitrogen and oxygen atoms in total. The predicted molar refractivity (Wildman–Crippen MR) is 125 cm³/mol. The highest BCUT2D eigenvalue weighted by atomic mass is 79.9. The number of nitrogens with one attached hydrogen (secondary N) is 2.